The van der Waals surface area contributed by atoms with Gasteiger partial charge in [-0.15, -0.1) is 0 Å². The number of aliphatic hydroxyl groups excluding tert-OH is 1. The van der Waals surface area contributed by atoms with E-state index >= 15 is 0 Å². The number of methoxy groups -OCH3 is 2. The highest BCUT2D eigenvalue weighted by Gasteiger charge is 2.25. The molecule has 4 heteroatoms. The van der Waals surface area contributed by atoms with Crippen molar-refractivity contribution >= 4 is 0 Å². The van der Waals surface area contributed by atoms with Crippen LogP contribution in [0.2, 0.25) is 0 Å². The van der Waals surface area contributed by atoms with Gasteiger partial charge in [-0.3, -0.25) is 4.90 Å². The third kappa shape index (κ3) is 3.25. The van der Waals surface area contributed by atoms with Crippen molar-refractivity contribution in [2.24, 2.45) is 5.41 Å². The standard InChI is InChI=1S/C16H25NO3/c1-16(2,11-18)10-17-6-5-12-7-14(19-3)15(20-4)8-13(12)9-17/h7-8,18H,5-6,9-11H2,1-4H3. The molecule has 0 saturated heterocycles. The van der Waals surface area contributed by atoms with Crippen molar-refractivity contribution < 1.29 is 14.6 Å². The van der Waals surface area contributed by atoms with Crippen LogP contribution in [0.15, 0.2) is 12.1 Å². The first-order chi connectivity index (χ1) is 9.49. The van der Waals surface area contributed by atoms with Crippen LogP contribution in [0.5, 0.6) is 11.5 Å². The predicted octanol–water partition coefficient (Wildman–Crippen LogP) is 2.08. The summed E-state index contributed by atoms with van der Waals surface area (Å²) in [4.78, 5) is 2.39. The van der Waals surface area contributed by atoms with Crippen molar-refractivity contribution in [1.29, 1.82) is 0 Å². The molecule has 1 aliphatic heterocycles. The number of nitrogens with zero attached hydrogens (tertiary/aromatic N) is 1. The van der Waals surface area contributed by atoms with Crippen molar-refractivity contribution in [2.45, 2.75) is 26.8 Å². The summed E-state index contributed by atoms with van der Waals surface area (Å²) in [6.07, 6.45) is 1.01. The number of hydrogen-bond acceptors (Lipinski definition) is 4. The van der Waals surface area contributed by atoms with E-state index in [1.807, 2.05) is 0 Å². The number of fused-ring (bicyclic) bond motifs is 1. The minimum atomic E-state index is -0.0614. The Bertz CT molecular complexity index is 471. The number of aliphatic hydroxyl groups is 1. The largest absolute Gasteiger partial charge is 0.493 e. The highest BCUT2D eigenvalue weighted by atomic mass is 16.5. The zero-order valence-electron chi connectivity index (χ0n) is 12.9. The van der Waals surface area contributed by atoms with Crippen molar-refractivity contribution in [2.75, 3.05) is 33.9 Å². The lowest BCUT2D eigenvalue weighted by atomic mass is 9.91. The predicted molar refractivity (Wildman–Crippen MR) is 79.4 cm³/mol. The SMILES string of the molecule is COc1cc2c(cc1OC)CN(CC(C)(C)CO)CC2. The fourth-order valence-electron chi connectivity index (χ4n) is 2.73. The van der Waals surface area contributed by atoms with Gasteiger partial charge in [0.25, 0.3) is 0 Å². The molecule has 4 nitrogen and oxygen atoms in total. The summed E-state index contributed by atoms with van der Waals surface area (Å²) in [7, 11) is 3.34. The van der Waals surface area contributed by atoms with Gasteiger partial charge in [-0.25, -0.2) is 0 Å². The summed E-state index contributed by atoms with van der Waals surface area (Å²) in [6, 6.07) is 4.16. The van der Waals surface area contributed by atoms with Gasteiger partial charge in [0.15, 0.2) is 11.5 Å². The Hall–Kier alpha value is -1.26. The summed E-state index contributed by atoms with van der Waals surface area (Å²) in [5, 5.41) is 9.41. The van der Waals surface area contributed by atoms with E-state index in [-0.39, 0.29) is 12.0 Å². The summed E-state index contributed by atoms with van der Waals surface area (Å²) in [6.45, 7) is 7.22. The van der Waals surface area contributed by atoms with Gasteiger partial charge in [0.2, 0.25) is 0 Å². The van der Waals surface area contributed by atoms with E-state index in [4.69, 9.17) is 9.47 Å². The van der Waals surface area contributed by atoms with Gasteiger partial charge in [-0.05, 0) is 29.7 Å². The van der Waals surface area contributed by atoms with Crippen LogP contribution in [0.1, 0.15) is 25.0 Å². The minimum absolute atomic E-state index is 0.0614. The van der Waals surface area contributed by atoms with Crippen LogP contribution in [-0.4, -0.2) is 43.9 Å². The monoisotopic (exact) mass is 279 g/mol. The highest BCUT2D eigenvalue weighted by molar-refractivity contribution is 5.48. The lowest BCUT2D eigenvalue weighted by Crippen LogP contribution is -2.39. The molecule has 0 fully saturated rings. The zero-order valence-corrected chi connectivity index (χ0v) is 12.9. The highest BCUT2D eigenvalue weighted by Crippen LogP contribution is 2.33. The number of benzene rings is 1. The molecule has 112 valence electrons. The van der Waals surface area contributed by atoms with Crippen LogP contribution < -0.4 is 9.47 Å². The van der Waals surface area contributed by atoms with E-state index in [2.05, 4.69) is 30.9 Å². The molecule has 0 aliphatic carbocycles. The van der Waals surface area contributed by atoms with E-state index in [0.717, 1.165) is 37.6 Å². The molecule has 0 aromatic heterocycles. The molecule has 0 spiro atoms. The maximum Gasteiger partial charge on any atom is 0.161 e. The van der Waals surface area contributed by atoms with Crippen molar-refractivity contribution in [3.05, 3.63) is 23.3 Å². The summed E-state index contributed by atoms with van der Waals surface area (Å²) >= 11 is 0. The van der Waals surface area contributed by atoms with Crippen LogP contribution in [0.25, 0.3) is 0 Å². The van der Waals surface area contributed by atoms with Crippen LogP contribution in [0, 0.1) is 5.41 Å². The molecule has 0 amide bonds. The Morgan fingerprint density at radius 2 is 1.75 bits per heavy atom. The summed E-state index contributed by atoms with van der Waals surface area (Å²) < 4.78 is 10.7. The molecular weight excluding hydrogens is 254 g/mol. The van der Waals surface area contributed by atoms with Crippen molar-refractivity contribution in [3.63, 3.8) is 0 Å². The van der Waals surface area contributed by atoms with E-state index in [1.54, 1.807) is 14.2 Å². The van der Waals surface area contributed by atoms with E-state index in [9.17, 15) is 5.11 Å². The lowest BCUT2D eigenvalue weighted by molar-refractivity contribution is 0.0961. The Morgan fingerprint density at radius 3 is 2.30 bits per heavy atom. The third-order valence-corrected chi connectivity index (χ3v) is 3.88. The molecular formula is C16H25NO3. The van der Waals surface area contributed by atoms with Crippen molar-refractivity contribution in [1.82, 2.24) is 4.90 Å². The average Bonchev–Trinajstić information content (AvgIpc) is 2.45. The molecule has 1 N–H and O–H groups in total. The van der Waals surface area contributed by atoms with Crippen LogP contribution in [0.3, 0.4) is 0 Å². The first-order valence-corrected chi connectivity index (χ1v) is 7.06. The van der Waals surface area contributed by atoms with Crippen LogP contribution in [-0.2, 0) is 13.0 Å². The molecule has 20 heavy (non-hydrogen) atoms. The van der Waals surface area contributed by atoms with Gasteiger partial charge in [0.05, 0.1) is 14.2 Å². The van der Waals surface area contributed by atoms with Gasteiger partial charge in [-0.1, -0.05) is 13.8 Å². The smallest absolute Gasteiger partial charge is 0.161 e. The minimum Gasteiger partial charge on any atom is -0.493 e. The van der Waals surface area contributed by atoms with Gasteiger partial charge in [0, 0.05) is 31.7 Å². The topological polar surface area (TPSA) is 41.9 Å². The molecule has 1 heterocycles. The molecule has 0 radical (unpaired) electrons. The Morgan fingerprint density at radius 1 is 1.15 bits per heavy atom. The van der Waals surface area contributed by atoms with E-state index in [0.29, 0.717) is 0 Å². The van der Waals surface area contributed by atoms with Gasteiger partial charge >= 0.3 is 0 Å². The maximum atomic E-state index is 9.41. The first-order valence-electron chi connectivity index (χ1n) is 7.06. The Labute approximate surface area is 121 Å². The van der Waals surface area contributed by atoms with Gasteiger partial charge in [0.1, 0.15) is 0 Å². The second kappa shape index (κ2) is 6.02. The maximum absolute atomic E-state index is 9.41. The van der Waals surface area contributed by atoms with Gasteiger partial charge in [-0.2, -0.15) is 0 Å². The normalized spacial score (nSPS) is 15.8. The average molecular weight is 279 g/mol. The number of rotatable bonds is 5. The molecule has 1 aliphatic rings. The molecule has 2 rings (SSSR count). The molecule has 1 aromatic carbocycles. The molecule has 1 aromatic rings. The van der Waals surface area contributed by atoms with E-state index < -0.39 is 0 Å². The number of hydrogen-bond donors (Lipinski definition) is 1. The fourth-order valence-corrected chi connectivity index (χ4v) is 2.73. The molecule has 0 unspecified atom stereocenters. The van der Waals surface area contributed by atoms with E-state index in [1.165, 1.54) is 11.1 Å². The first kappa shape index (κ1) is 15.1. The zero-order chi connectivity index (χ0) is 14.8. The number of ether oxygens (including phenoxy) is 2. The second-order valence-corrected chi connectivity index (χ2v) is 6.26. The van der Waals surface area contributed by atoms with Crippen LogP contribution in [0.4, 0.5) is 0 Å². The molecule has 0 atom stereocenters. The quantitative estimate of drug-likeness (QED) is 0.896. The van der Waals surface area contributed by atoms with Crippen LogP contribution >= 0.6 is 0 Å². The fraction of sp³-hybridized carbons (Fsp3) is 0.625. The molecule has 0 saturated carbocycles. The second-order valence-electron chi connectivity index (χ2n) is 6.26. The van der Waals surface area contributed by atoms with Gasteiger partial charge < -0.3 is 14.6 Å². The Kier molecular flexibility index (Phi) is 4.55. The third-order valence-electron chi connectivity index (χ3n) is 3.88. The van der Waals surface area contributed by atoms with Crippen molar-refractivity contribution in [3.8, 4) is 11.5 Å². The molecule has 0 bridgehead atoms. The Balaban J connectivity index is 2.17. The summed E-state index contributed by atoms with van der Waals surface area (Å²) in [5.41, 5.74) is 2.57. The lowest BCUT2D eigenvalue weighted by Gasteiger charge is -2.35. The summed E-state index contributed by atoms with van der Waals surface area (Å²) in [5.74, 6) is 1.59.